The number of hydrogen-bond donors (Lipinski definition) is 1. The Kier molecular flexibility index (Phi) is 4.42. The number of nitrogens with one attached hydrogen (secondary N) is 1. The molecule has 0 spiro atoms. The van der Waals surface area contributed by atoms with Crippen molar-refractivity contribution in [3.63, 3.8) is 0 Å². The Morgan fingerprint density at radius 1 is 1.33 bits per heavy atom. The van der Waals surface area contributed by atoms with E-state index >= 15 is 0 Å². The zero-order chi connectivity index (χ0) is 13.2. The van der Waals surface area contributed by atoms with Crippen LogP contribution >= 0.6 is 11.3 Å². The number of sulfonamides is 1. The average molecular weight is 288 g/mol. The van der Waals surface area contributed by atoms with Crippen molar-refractivity contribution < 1.29 is 8.42 Å². The smallest absolute Gasteiger partial charge is 0.252 e. The number of hydrogen-bond acceptors (Lipinski definition) is 4. The van der Waals surface area contributed by atoms with Gasteiger partial charge in [0.2, 0.25) is 0 Å². The molecule has 1 aromatic rings. The van der Waals surface area contributed by atoms with Gasteiger partial charge in [-0.2, -0.15) is 4.31 Å². The summed E-state index contributed by atoms with van der Waals surface area (Å²) < 4.78 is 26.5. The van der Waals surface area contributed by atoms with E-state index in [-0.39, 0.29) is 0 Å². The minimum atomic E-state index is -3.28. The summed E-state index contributed by atoms with van der Waals surface area (Å²) >= 11 is 1.38. The first-order valence-corrected chi connectivity index (χ1v) is 8.65. The molecule has 0 aliphatic heterocycles. The fourth-order valence-electron chi connectivity index (χ4n) is 1.82. The average Bonchev–Trinajstić information content (AvgIpc) is 3.04. The first-order chi connectivity index (χ1) is 8.57. The quantitative estimate of drug-likeness (QED) is 0.835. The molecule has 1 heterocycles. The highest BCUT2D eigenvalue weighted by molar-refractivity contribution is 7.91. The molecule has 1 N–H and O–H groups in total. The molecular formula is C12H20N2O2S2. The van der Waals surface area contributed by atoms with Gasteiger partial charge in [0.25, 0.3) is 10.0 Å². The van der Waals surface area contributed by atoms with Gasteiger partial charge in [-0.25, -0.2) is 8.42 Å². The number of rotatable bonds is 7. The first-order valence-electron chi connectivity index (χ1n) is 6.40. The van der Waals surface area contributed by atoms with Crippen LogP contribution in [0.3, 0.4) is 0 Å². The predicted molar refractivity (Wildman–Crippen MR) is 74.3 cm³/mol. The number of nitrogens with zero attached hydrogens (tertiary/aromatic N) is 1. The van der Waals surface area contributed by atoms with E-state index in [0.717, 1.165) is 11.4 Å². The van der Waals surface area contributed by atoms with Crippen LogP contribution in [0.1, 0.15) is 31.6 Å². The predicted octanol–water partition coefficient (Wildman–Crippen LogP) is 2.03. The molecule has 0 amide bonds. The highest BCUT2D eigenvalue weighted by Gasteiger charge is 2.24. The SMILES string of the molecule is CCN(CC)S(=O)(=O)c1ccc(CNC2CC2)s1. The van der Waals surface area contributed by atoms with Gasteiger partial charge in [-0.05, 0) is 25.0 Å². The lowest BCUT2D eigenvalue weighted by molar-refractivity contribution is 0.447. The fourth-order valence-corrected chi connectivity index (χ4v) is 4.73. The van der Waals surface area contributed by atoms with Crippen LogP contribution in [0.5, 0.6) is 0 Å². The molecule has 102 valence electrons. The largest absolute Gasteiger partial charge is 0.309 e. The molecule has 18 heavy (non-hydrogen) atoms. The van der Waals surface area contributed by atoms with Gasteiger partial charge in [0.1, 0.15) is 4.21 Å². The highest BCUT2D eigenvalue weighted by Crippen LogP contribution is 2.26. The Balaban J connectivity index is 2.07. The summed E-state index contributed by atoms with van der Waals surface area (Å²) in [5.41, 5.74) is 0. The molecule has 2 rings (SSSR count). The zero-order valence-electron chi connectivity index (χ0n) is 10.8. The van der Waals surface area contributed by atoms with E-state index in [2.05, 4.69) is 5.32 Å². The monoisotopic (exact) mass is 288 g/mol. The molecule has 1 aliphatic carbocycles. The molecule has 6 heteroatoms. The third kappa shape index (κ3) is 3.12. The van der Waals surface area contributed by atoms with Crippen LogP contribution in [0.15, 0.2) is 16.3 Å². The summed E-state index contributed by atoms with van der Waals surface area (Å²) in [5, 5.41) is 3.40. The maximum absolute atomic E-state index is 12.3. The molecular weight excluding hydrogens is 268 g/mol. The lowest BCUT2D eigenvalue weighted by Gasteiger charge is -2.16. The van der Waals surface area contributed by atoms with Crippen LogP contribution in [-0.2, 0) is 16.6 Å². The van der Waals surface area contributed by atoms with Gasteiger partial charge in [-0.15, -0.1) is 11.3 Å². The van der Waals surface area contributed by atoms with Gasteiger partial charge in [0, 0.05) is 30.6 Å². The van der Waals surface area contributed by atoms with Crippen LogP contribution in [0.2, 0.25) is 0 Å². The highest BCUT2D eigenvalue weighted by atomic mass is 32.2. The van der Waals surface area contributed by atoms with Crippen molar-refractivity contribution in [3.05, 3.63) is 17.0 Å². The summed E-state index contributed by atoms with van der Waals surface area (Å²) in [6.07, 6.45) is 2.49. The van der Waals surface area contributed by atoms with E-state index in [0.29, 0.717) is 23.3 Å². The second-order valence-electron chi connectivity index (χ2n) is 4.47. The molecule has 1 fully saturated rings. The zero-order valence-corrected chi connectivity index (χ0v) is 12.5. The topological polar surface area (TPSA) is 49.4 Å². The third-order valence-electron chi connectivity index (χ3n) is 3.08. The second kappa shape index (κ2) is 5.69. The summed E-state index contributed by atoms with van der Waals surface area (Å²) in [6.45, 7) is 5.55. The minimum absolute atomic E-state index is 0.457. The van der Waals surface area contributed by atoms with E-state index in [1.807, 2.05) is 19.9 Å². The van der Waals surface area contributed by atoms with Crippen LogP contribution in [0.4, 0.5) is 0 Å². The van der Waals surface area contributed by atoms with Crippen molar-refractivity contribution in [2.45, 2.75) is 43.5 Å². The van der Waals surface area contributed by atoms with Crippen molar-refractivity contribution in [2.24, 2.45) is 0 Å². The summed E-state index contributed by atoms with van der Waals surface area (Å²) in [5.74, 6) is 0. The molecule has 0 atom stereocenters. The van der Waals surface area contributed by atoms with Crippen molar-refractivity contribution in [1.82, 2.24) is 9.62 Å². The minimum Gasteiger partial charge on any atom is -0.309 e. The number of thiophene rings is 1. The van der Waals surface area contributed by atoms with Gasteiger partial charge < -0.3 is 5.32 Å². The fraction of sp³-hybridized carbons (Fsp3) is 0.667. The van der Waals surface area contributed by atoms with Gasteiger partial charge in [-0.3, -0.25) is 0 Å². The van der Waals surface area contributed by atoms with Crippen LogP contribution < -0.4 is 5.32 Å². The van der Waals surface area contributed by atoms with Gasteiger partial charge in [0.05, 0.1) is 0 Å². The van der Waals surface area contributed by atoms with E-state index in [1.165, 1.54) is 28.5 Å². The Hall–Kier alpha value is -0.430. The maximum atomic E-state index is 12.3. The van der Waals surface area contributed by atoms with Crippen molar-refractivity contribution >= 4 is 21.4 Å². The van der Waals surface area contributed by atoms with Gasteiger partial charge >= 0.3 is 0 Å². The molecule has 1 saturated carbocycles. The van der Waals surface area contributed by atoms with E-state index in [4.69, 9.17) is 0 Å². The molecule has 0 unspecified atom stereocenters. The van der Waals surface area contributed by atoms with Crippen LogP contribution in [0, 0.1) is 0 Å². The van der Waals surface area contributed by atoms with Crippen molar-refractivity contribution in [3.8, 4) is 0 Å². The normalized spacial score (nSPS) is 16.4. The third-order valence-corrected chi connectivity index (χ3v) is 6.68. The second-order valence-corrected chi connectivity index (χ2v) is 7.80. The molecule has 1 aliphatic rings. The van der Waals surface area contributed by atoms with Crippen LogP contribution in [0.25, 0.3) is 0 Å². The Bertz CT molecular complexity index is 488. The molecule has 1 aromatic heterocycles. The van der Waals surface area contributed by atoms with Crippen molar-refractivity contribution in [1.29, 1.82) is 0 Å². The summed E-state index contributed by atoms with van der Waals surface area (Å²) in [6, 6.07) is 4.29. The molecule has 0 saturated heterocycles. The first kappa shape index (κ1) is 14.0. The maximum Gasteiger partial charge on any atom is 0.252 e. The molecule has 0 aromatic carbocycles. The molecule has 0 bridgehead atoms. The van der Waals surface area contributed by atoms with E-state index < -0.39 is 10.0 Å². The molecule has 0 radical (unpaired) electrons. The Labute approximate surface area is 113 Å². The van der Waals surface area contributed by atoms with E-state index in [9.17, 15) is 8.42 Å². The van der Waals surface area contributed by atoms with Gasteiger partial charge in [-0.1, -0.05) is 13.8 Å². The Morgan fingerprint density at radius 2 is 2.00 bits per heavy atom. The standard InChI is InChI=1S/C12H20N2O2S2/c1-3-14(4-2)18(15,16)12-8-7-11(17-12)9-13-10-5-6-10/h7-8,10,13H,3-6,9H2,1-2H3. The Morgan fingerprint density at radius 3 is 2.56 bits per heavy atom. The lowest BCUT2D eigenvalue weighted by Crippen LogP contribution is -2.29. The summed E-state index contributed by atoms with van der Waals surface area (Å²) in [7, 11) is -3.28. The molecule has 4 nitrogen and oxygen atoms in total. The lowest BCUT2D eigenvalue weighted by atomic mass is 10.4. The summed E-state index contributed by atoms with van der Waals surface area (Å²) in [4.78, 5) is 1.09. The van der Waals surface area contributed by atoms with Gasteiger partial charge in [0.15, 0.2) is 0 Å². The van der Waals surface area contributed by atoms with E-state index in [1.54, 1.807) is 6.07 Å². The van der Waals surface area contributed by atoms with Crippen LogP contribution in [-0.4, -0.2) is 31.9 Å². The van der Waals surface area contributed by atoms with Crippen molar-refractivity contribution in [2.75, 3.05) is 13.1 Å².